The fourth-order valence-corrected chi connectivity index (χ4v) is 1.40. The zero-order valence-corrected chi connectivity index (χ0v) is 15.6. The number of carbonyl (C=O) groups is 4. The second-order valence-electron chi connectivity index (χ2n) is 7.28. The van der Waals surface area contributed by atoms with Crippen molar-refractivity contribution in [3.05, 3.63) is 0 Å². The van der Waals surface area contributed by atoms with Gasteiger partial charge < -0.3 is 24.1 Å². The number of ether oxygens (including phenoxy) is 4. The first kappa shape index (κ1) is 22.7. The first-order valence-corrected chi connectivity index (χ1v) is 7.65. The van der Waals surface area contributed by atoms with Crippen LogP contribution in [0.4, 0.5) is 4.79 Å². The van der Waals surface area contributed by atoms with E-state index in [4.69, 9.17) is 19.3 Å². The maximum atomic E-state index is 12.0. The maximum absolute atomic E-state index is 12.0. The zero-order valence-electron chi connectivity index (χ0n) is 15.6. The SMILES string of the molecule is CC(OC(=O)C(CC(=O)OC(C)(C)C)OC(=O)OC(C)(C)C)C(=O)O. The van der Waals surface area contributed by atoms with Gasteiger partial charge in [0.2, 0.25) is 6.10 Å². The molecule has 0 aliphatic carbocycles. The van der Waals surface area contributed by atoms with Gasteiger partial charge in [-0.05, 0) is 48.5 Å². The molecule has 2 unspecified atom stereocenters. The normalized spacial score (nSPS) is 14.0. The van der Waals surface area contributed by atoms with Crippen molar-refractivity contribution in [2.75, 3.05) is 0 Å². The van der Waals surface area contributed by atoms with Crippen LogP contribution in [0.25, 0.3) is 0 Å². The molecule has 0 saturated carbocycles. The molecule has 9 nitrogen and oxygen atoms in total. The summed E-state index contributed by atoms with van der Waals surface area (Å²) >= 11 is 0. The third-order valence-corrected chi connectivity index (χ3v) is 2.30. The smallest absolute Gasteiger partial charge is 0.479 e. The van der Waals surface area contributed by atoms with Gasteiger partial charge in [-0.2, -0.15) is 0 Å². The van der Waals surface area contributed by atoms with E-state index in [-0.39, 0.29) is 0 Å². The largest absolute Gasteiger partial charge is 0.509 e. The molecule has 0 fully saturated rings. The van der Waals surface area contributed by atoms with Crippen LogP contribution < -0.4 is 0 Å². The minimum absolute atomic E-state index is 0.637. The molecule has 0 amide bonds. The fourth-order valence-electron chi connectivity index (χ4n) is 1.40. The van der Waals surface area contributed by atoms with Gasteiger partial charge in [0.1, 0.15) is 11.2 Å². The molecule has 25 heavy (non-hydrogen) atoms. The molecule has 9 heteroatoms. The van der Waals surface area contributed by atoms with Crippen molar-refractivity contribution in [1.82, 2.24) is 0 Å². The lowest BCUT2D eigenvalue weighted by Gasteiger charge is -2.24. The predicted molar refractivity (Wildman–Crippen MR) is 84.8 cm³/mol. The Balaban J connectivity index is 5.10. The van der Waals surface area contributed by atoms with Crippen molar-refractivity contribution in [2.24, 2.45) is 0 Å². The maximum Gasteiger partial charge on any atom is 0.509 e. The molecular formula is C16H26O9. The van der Waals surface area contributed by atoms with Crippen LogP contribution in [-0.2, 0) is 33.3 Å². The Labute approximate surface area is 146 Å². The van der Waals surface area contributed by atoms with Crippen LogP contribution in [0, 0.1) is 0 Å². The van der Waals surface area contributed by atoms with E-state index in [9.17, 15) is 19.2 Å². The van der Waals surface area contributed by atoms with Crippen molar-refractivity contribution in [3.8, 4) is 0 Å². The molecule has 2 atom stereocenters. The van der Waals surface area contributed by atoms with Crippen molar-refractivity contribution in [1.29, 1.82) is 0 Å². The Morgan fingerprint density at radius 2 is 1.36 bits per heavy atom. The summed E-state index contributed by atoms with van der Waals surface area (Å²) in [5, 5.41) is 8.78. The Morgan fingerprint density at radius 3 is 1.76 bits per heavy atom. The summed E-state index contributed by atoms with van der Waals surface area (Å²) in [7, 11) is 0. The van der Waals surface area contributed by atoms with Gasteiger partial charge in [0.15, 0.2) is 6.10 Å². The van der Waals surface area contributed by atoms with E-state index in [1.807, 2.05) is 0 Å². The van der Waals surface area contributed by atoms with Crippen LogP contribution in [0.15, 0.2) is 0 Å². The lowest BCUT2D eigenvalue weighted by atomic mass is 10.2. The molecule has 0 rings (SSSR count). The number of hydrogen-bond acceptors (Lipinski definition) is 8. The Morgan fingerprint density at radius 1 is 0.880 bits per heavy atom. The lowest BCUT2D eigenvalue weighted by Crippen LogP contribution is -2.38. The average Bonchev–Trinajstić information content (AvgIpc) is 2.32. The third-order valence-electron chi connectivity index (χ3n) is 2.30. The highest BCUT2D eigenvalue weighted by molar-refractivity contribution is 5.85. The Bertz CT molecular complexity index is 481. The molecule has 0 radical (unpaired) electrons. The standard InChI is InChI=1S/C16H26O9/c1-9(12(18)19)22-13(20)10(8-11(17)24-15(2,3)4)23-14(21)25-16(5,6)7/h9-10H,8H2,1-7H3,(H,18,19). The molecule has 0 aliphatic heterocycles. The molecule has 1 N–H and O–H groups in total. The molecule has 0 heterocycles. The number of carboxylic acid groups (broad SMARTS) is 1. The highest BCUT2D eigenvalue weighted by Gasteiger charge is 2.33. The number of hydrogen-bond donors (Lipinski definition) is 1. The summed E-state index contributed by atoms with van der Waals surface area (Å²) in [4.78, 5) is 46.4. The number of carboxylic acids is 1. The van der Waals surface area contributed by atoms with Crippen LogP contribution >= 0.6 is 0 Å². The molecule has 0 aromatic heterocycles. The summed E-state index contributed by atoms with van der Waals surface area (Å²) in [6.45, 7) is 10.8. The molecule has 144 valence electrons. The summed E-state index contributed by atoms with van der Waals surface area (Å²) in [6, 6.07) is 0. The van der Waals surface area contributed by atoms with E-state index in [2.05, 4.69) is 4.74 Å². The number of aliphatic carboxylic acids is 1. The molecule has 0 saturated heterocycles. The number of carbonyl (C=O) groups excluding carboxylic acids is 3. The topological polar surface area (TPSA) is 125 Å². The van der Waals surface area contributed by atoms with Gasteiger partial charge in [0.05, 0.1) is 6.42 Å². The fraction of sp³-hybridized carbons (Fsp3) is 0.750. The third kappa shape index (κ3) is 11.0. The van der Waals surface area contributed by atoms with Crippen LogP contribution in [-0.4, -0.2) is 52.6 Å². The molecule has 0 aliphatic rings. The van der Waals surface area contributed by atoms with Gasteiger partial charge in [-0.1, -0.05) is 0 Å². The van der Waals surface area contributed by atoms with Gasteiger partial charge >= 0.3 is 24.1 Å². The molecule has 0 aromatic carbocycles. The molecule has 0 aromatic rings. The van der Waals surface area contributed by atoms with Gasteiger partial charge in [-0.15, -0.1) is 0 Å². The van der Waals surface area contributed by atoms with Gasteiger partial charge in [-0.3, -0.25) is 4.79 Å². The van der Waals surface area contributed by atoms with Crippen molar-refractivity contribution >= 4 is 24.1 Å². The lowest BCUT2D eigenvalue weighted by molar-refractivity contribution is -0.174. The number of esters is 2. The summed E-state index contributed by atoms with van der Waals surface area (Å²) in [5.74, 6) is -3.39. The second-order valence-corrected chi connectivity index (χ2v) is 7.28. The molecule has 0 spiro atoms. The molecular weight excluding hydrogens is 336 g/mol. The molecule has 0 bridgehead atoms. The van der Waals surface area contributed by atoms with E-state index in [1.165, 1.54) is 0 Å². The predicted octanol–water partition coefficient (Wildman–Crippen LogP) is 2.05. The quantitative estimate of drug-likeness (QED) is 0.558. The van der Waals surface area contributed by atoms with Crippen LogP contribution in [0.1, 0.15) is 54.9 Å². The van der Waals surface area contributed by atoms with E-state index < -0.39 is 53.9 Å². The highest BCUT2D eigenvalue weighted by atomic mass is 16.7. The van der Waals surface area contributed by atoms with Crippen LogP contribution in [0.2, 0.25) is 0 Å². The van der Waals surface area contributed by atoms with Gasteiger partial charge in [0.25, 0.3) is 0 Å². The number of rotatable bonds is 6. The Hall–Kier alpha value is -2.32. The second kappa shape index (κ2) is 8.68. The van der Waals surface area contributed by atoms with Crippen LogP contribution in [0.5, 0.6) is 0 Å². The van der Waals surface area contributed by atoms with Gasteiger partial charge in [0, 0.05) is 0 Å². The Kier molecular flexibility index (Phi) is 7.88. The van der Waals surface area contributed by atoms with E-state index in [0.29, 0.717) is 0 Å². The van der Waals surface area contributed by atoms with Crippen LogP contribution in [0.3, 0.4) is 0 Å². The summed E-state index contributed by atoms with van der Waals surface area (Å²) < 4.78 is 19.5. The summed E-state index contributed by atoms with van der Waals surface area (Å²) in [5.41, 5.74) is -1.70. The van der Waals surface area contributed by atoms with E-state index in [0.717, 1.165) is 6.92 Å². The summed E-state index contributed by atoms with van der Waals surface area (Å²) in [6.07, 6.45) is -5.00. The van der Waals surface area contributed by atoms with Crippen molar-refractivity contribution in [3.63, 3.8) is 0 Å². The van der Waals surface area contributed by atoms with Crippen molar-refractivity contribution in [2.45, 2.75) is 78.3 Å². The van der Waals surface area contributed by atoms with Crippen molar-refractivity contribution < 1.29 is 43.2 Å². The van der Waals surface area contributed by atoms with E-state index >= 15 is 0 Å². The minimum Gasteiger partial charge on any atom is -0.479 e. The first-order chi connectivity index (χ1) is 11.1. The monoisotopic (exact) mass is 362 g/mol. The zero-order chi connectivity index (χ0) is 20.0. The highest BCUT2D eigenvalue weighted by Crippen LogP contribution is 2.15. The van der Waals surface area contributed by atoms with Gasteiger partial charge in [-0.25, -0.2) is 14.4 Å². The minimum atomic E-state index is -1.69. The van der Waals surface area contributed by atoms with E-state index in [1.54, 1.807) is 41.5 Å². The average molecular weight is 362 g/mol. The first-order valence-electron chi connectivity index (χ1n) is 7.65.